The van der Waals surface area contributed by atoms with E-state index in [4.69, 9.17) is 6.57 Å². The summed E-state index contributed by atoms with van der Waals surface area (Å²) in [5.74, 6) is 0. The summed E-state index contributed by atoms with van der Waals surface area (Å²) in [6, 6.07) is 29.1. The third kappa shape index (κ3) is 5.05. The zero-order chi connectivity index (χ0) is 31.6. The molecule has 0 spiro atoms. The van der Waals surface area contributed by atoms with Gasteiger partial charge in [0.05, 0.1) is 17.3 Å². The highest BCUT2D eigenvalue weighted by atomic mass is 32.1. The number of hydrogen-bond acceptors (Lipinski definition) is 4. The van der Waals surface area contributed by atoms with Crippen LogP contribution in [0, 0.1) is 17.9 Å². The summed E-state index contributed by atoms with van der Waals surface area (Å²) in [5.41, 5.74) is 10.1. The number of anilines is 3. The predicted octanol–water partition coefficient (Wildman–Crippen LogP) is 12.1. The van der Waals surface area contributed by atoms with Crippen molar-refractivity contribution in [3.05, 3.63) is 117 Å². The van der Waals surface area contributed by atoms with Crippen LogP contribution in [0.25, 0.3) is 30.8 Å². The molecule has 3 aromatic carbocycles. The summed E-state index contributed by atoms with van der Waals surface area (Å²) in [6.45, 7) is 25.4. The van der Waals surface area contributed by atoms with E-state index in [-0.39, 0.29) is 21.9 Å². The molecule has 3 nitrogen and oxygen atoms in total. The summed E-state index contributed by atoms with van der Waals surface area (Å²) in [4.78, 5) is 8.01. The number of allylic oxidation sites excluding steroid dienone is 1. The maximum absolute atomic E-state index is 9.27. The Balaban J connectivity index is 1.47. The topological polar surface area (TPSA) is 31.4 Å². The number of nitrogens with zero attached hydrogens (tertiary/aromatic N) is 3. The van der Waals surface area contributed by atoms with Crippen LogP contribution in [0.1, 0.15) is 82.5 Å². The number of hydrogen-bond donors (Lipinski definition) is 0. The molecule has 0 N–H and O–H groups in total. The summed E-state index contributed by atoms with van der Waals surface area (Å²) in [7, 11) is 0. The normalized spacial score (nSPS) is 14.2. The summed E-state index contributed by atoms with van der Waals surface area (Å²) in [5, 5.41) is 9.27. The van der Waals surface area contributed by atoms with Crippen LogP contribution in [0.15, 0.2) is 78.5 Å². The second kappa shape index (κ2) is 10.5. The Kier molecular flexibility index (Phi) is 7.12. The SMILES string of the molecule is [C-]#[N+]/C(C#N)=C\c1cc2sc3c(c2s1)C(C)(C)c1cc(N(c2ccc(C(C)(C)C)cc2)c2ccc(C(C)(C)C)cc2)ccc1-3. The molecule has 0 bridgehead atoms. The zero-order valence-electron chi connectivity index (χ0n) is 26.7. The fraction of sp³-hybridized carbons (Fsp3) is 0.282. The maximum atomic E-state index is 9.27. The average molecular weight is 612 g/mol. The Hall–Kier alpha value is -4.16. The minimum atomic E-state index is -0.194. The molecule has 44 heavy (non-hydrogen) atoms. The quantitative estimate of drug-likeness (QED) is 0.150. The van der Waals surface area contributed by atoms with E-state index in [1.165, 1.54) is 42.1 Å². The molecular weight excluding hydrogens is 575 g/mol. The van der Waals surface area contributed by atoms with Crippen LogP contribution in [-0.4, -0.2) is 0 Å². The molecule has 2 aromatic heterocycles. The molecule has 0 unspecified atom stereocenters. The monoisotopic (exact) mass is 611 g/mol. The van der Waals surface area contributed by atoms with E-state index in [9.17, 15) is 5.26 Å². The number of thiophene rings is 2. The molecule has 1 aliphatic carbocycles. The molecule has 6 rings (SSSR count). The molecular formula is C39H37N3S2. The number of fused-ring (bicyclic) bond motifs is 5. The van der Waals surface area contributed by atoms with Crippen molar-refractivity contribution in [2.45, 2.75) is 71.6 Å². The zero-order valence-corrected chi connectivity index (χ0v) is 28.3. The minimum absolute atomic E-state index is 0.0850. The first-order chi connectivity index (χ1) is 20.7. The highest BCUT2D eigenvalue weighted by Crippen LogP contribution is 2.58. The standard InChI is InChI=1S/C39H37N3S2/c1-37(2,3)24-10-14-27(15-11-24)42(28-16-12-25(13-17-28)38(4,5)6)29-18-19-31-32(21-29)39(7,8)34-35(31)44-33-22-30(43-36(33)34)20-26(23-40)41-9/h10-22H,1-8H3/b26-20-. The Bertz CT molecular complexity index is 1930. The van der Waals surface area contributed by atoms with Gasteiger partial charge >= 0.3 is 0 Å². The van der Waals surface area contributed by atoms with Crippen molar-refractivity contribution >= 4 is 55.2 Å². The van der Waals surface area contributed by atoms with Gasteiger partial charge in [-0.25, -0.2) is 10.1 Å². The molecule has 0 aliphatic heterocycles. The van der Waals surface area contributed by atoms with Crippen molar-refractivity contribution < 1.29 is 0 Å². The van der Waals surface area contributed by atoms with Crippen molar-refractivity contribution in [1.29, 1.82) is 5.26 Å². The molecule has 0 saturated carbocycles. The highest BCUT2D eigenvalue weighted by molar-refractivity contribution is 7.30. The van der Waals surface area contributed by atoms with E-state index in [2.05, 4.69) is 138 Å². The van der Waals surface area contributed by atoms with Crippen LogP contribution in [0.5, 0.6) is 0 Å². The molecule has 1 aliphatic rings. The first-order valence-corrected chi connectivity index (χ1v) is 16.6. The van der Waals surface area contributed by atoms with E-state index in [0.29, 0.717) is 0 Å². The lowest BCUT2D eigenvalue weighted by Crippen LogP contribution is -2.17. The van der Waals surface area contributed by atoms with Crippen LogP contribution in [0.2, 0.25) is 0 Å². The Labute approximate surface area is 269 Å². The lowest BCUT2D eigenvalue weighted by Gasteiger charge is -2.29. The van der Waals surface area contributed by atoms with Gasteiger partial charge in [0.15, 0.2) is 0 Å². The summed E-state index contributed by atoms with van der Waals surface area (Å²) >= 11 is 3.50. The van der Waals surface area contributed by atoms with Gasteiger partial charge in [0, 0.05) is 36.9 Å². The molecule has 2 heterocycles. The number of benzene rings is 3. The fourth-order valence-corrected chi connectivity index (χ4v) is 9.09. The van der Waals surface area contributed by atoms with Crippen molar-refractivity contribution in [1.82, 2.24) is 0 Å². The van der Waals surface area contributed by atoms with Crippen LogP contribution in [0.4, 0.5) is 17.1 Å². The second-order valence-electron chi connectivity index (χ2n) is 14.2. The van der Waals surface area contributed by atoms with E-state index in [1.807, 2.05) is 17.4 Å². The molecule has 5 heteroatoms. The van der Waals surface area contributed by atoms with Gasteiger partial charge in [-0.05, 0) is 87.2 Å². The van der Waals surface area contributed by atoms with Gasteiger partial charge in [-0.2, -0.15) is 0 Å². The third-order valence-electron chi connectivity index (χ3n) is 8.68. The van der Waals surface area contributed by atoms with E-state index < -0.39 is 0 Å². The lowest BCUT2D eigenvalue weighted by atomic mass is 9.82. The van der Waals surface area contributed by atoms with Crippen molar-refractivity contribution in [2.75, 3.05) is 4.90 Å². The van der Waals surface area contributed by atoms with Crippen LogP contribution < -0.4 is 4.90 Å². The van der Waals surface area contributed by atoms with Crippen molar-refractivity contribution in [3.63, 3.8) is 0 Å². The van der Waals surface area contributed by atoms with Crippen LogP contribution in [0.3, 0.4) is 0 Å². The Morgan fingerprint density at radius 2 is 1.36 bits per heavy atom. The molecule has 5 aromatic rings. The van der Waals surface area contributed by atoms with Crippen molar-refractivity contribution in [3.8, 4) is 16.5 Å². The van der Waals surface area contributed by atoms with Gasteiger partial charge in [0.1, 0.15) is 0 Å². The highest BCUT2D eigenvalue weighted by Gasteiger charge is 2.40. The predicted molar refractivity (Wildman–Crippen MR) is 190 cm³/mol. The van der Waals surface area contributed by atoms with Gasteiger partial charge in [0.25, 0.3) is 5.70 Å². The average Bonchev–Trinajstić information content (AvgIpc) is 3.59. The van der Waals surface area contributed by atoms with Gasteiger partial charge < -0.3 is 4.90 Å². The number of nitriles is 1. The number of rotatable bonds is 4. The Morgan fingerprint density at radius 1 is 0.818 bits per heavy atom. The van der Waals surface area contributed by atoms with Crippen molar-refractivity contribution in [2.24, 2.45) is 0 Å². The second-order valence-corrected chi connectivity index (χ2v) is 16.3. The smallest absolute Gasteiger partial charge is 0.263 e. The summed E-state index contributed by atoms with van der Waals surface area (Å²) in [6.07, 6.45) is 1.71. The molecule has 0 saturated heterocycles. The molecule has 220 valence electrons. The van der Waals surface area contributed by atoms with Gasteiger partial charge in [-0.3, -0.25) is 0 Å². The van der Waals surface area contributed by atoms with Crippen LogP contribution >= 0.6 is 22.7 Å². The van der Waals surface area contributed by atoms with E-state index in [0.717, 1.165) is 21.9 Å². The minimum Gasteiger partial charge on any atom is -0.310 e. The fourth-order valence-electron chi connectivity index (χ4n) is 6.15. The summed E-state index contributed by atoms with van der Waals surface area (Å²) < 4.78 is 2.48. The largest absolute Gasteiger partial charge is 0.310 e. The van der Waals surface area contributed by atoms with E-state index >= 15 is 0 Å². The molecule has 0 amide bonds. The molecule has 0 radical (unpaired) electrons. The third-order valence-corrected chi connectivity index (χ3v) is 11.1. The van der Waals surface area contributed by atoms with E-state index in [1.54, 1.807) is 17.4 Å². The van der Waals surface area contributed by atoms with Gasteiger partial charge in [-0.15, -0.1) is 22.7 Å². The molecule has 0 atom stereocenters. The van der Waals surface area contributed by atoms with Gasteiger partial charge in [0.2, 0.25) is 0 Å². The first-order valence-electron chi connectivity index (χ1n) is 14.9. The van der Waals surface area contributed by atoms with Gasteiger partial charge in [-0.1, -0.05) is 85.7 Å². The van der Waals surface area contributed by atoms with Crippen LogP contribution in [-0.2, 0) is 16.2 Å². The lowest BCUT2D eigenvalue weighted by molar-refractivity contribution is 0.590. The maximum Gasteiger partial charge on any atom is 0.263 e. The molecule has 0 fully saturated rings. The first kappa shape index (κ1) is 29.9. The Morgan fingerprint density at radius 3 is 1.86 bits per heavy atom.